The van der Waals surface area contributed by atoms with Crippen molar-refractivity contribution in [3.8, 4) is 10.6 Å². The van der Waals surface area contributed by atoms with Crippen LogP contribution in [0.2, 0.25) is 5.28 Å². The predicted octanol–water partition coefficient (Wildman–Crippen LogP) is 1.90. The maximum Gasteiger partial charge on any atom is 0.234 e. The summed E-state index contributed by atoms with van der Waals surface area (Å²) in [5.41, 5.74) is 2.06. The number of aryl methyl sites for hydroxylation is 1. The minimum absolute atomic E-state index is 0.295. The lowest BCUT2D eigenvalue weighted by Crippen LogP contribution is -1.92. The largest absolute Gasteiger partial charge is 0.272 e. The molecule has 4 nitrogen and oxygen atoms in total. The summed E-state index contributed by atoms with van der Waals surface area (Å²) in [5.74, 6) is 0. The van der Waals surface area contributed by atoms with Gasteiger partial charge in [-0.3, -0.25) is 4.68 Å². The van der Waals surface area contributed by atoms with Crippen LogP contribution in [-0.4, -0.2) is 19.1 Å². The fourth-order valence-electron chi connectivity index (χ4n) is 1.02. The lowest BCUT2D eigenvalue weighted by Gasteiger charge is -1.94. The van der Waals surface area contributed by atoms with E-state index < -0.39 is 0 Å². The maximum atomic E-state index is 5.63. The van der Waals surface area contributed by atoms with Crippen LogP contribution in [0, 0.1) is 6.92 Å². The molecule has 6 heteroatoms. The fraction of sp³-hybridized carbons (Fsp3) is 0.286. The molecule has 0 fully saturated rings. The van der Waals surface area contributed by atoms with Crippen LogP contribution in [0.5, 0.6) is 0 Å². The number of rotatable bonds is 1. The topological polar surface area (TPSA) is 43.6 Å². The third kappa shape index (κ3) is 1.45. The molecule has 0 aromatic carbocycles. The molecule has 0 N–H and O–H groups in total. The number of hydrogen-bond donors (Lipinski definition) is 0. The molecule has 0 aliphatic carbocycles. The molecule has 0 saturated heterocycles. The van der Waals surface area contributed by atoms with Crippen molar-refractivity contribution in [1.82, 2.24) is 19.1 Å². The number of halogens is 1. The molecule has 2 aromatic heterocycles. The van der Waals surface area contributed by atoms with Crippen LogP contribution in [0.1, 0.15) is 5.69 Å². The number of nitrogens with zero attached hydrogens (tertiary/aromatic N) is 4. The zero-order chi connectivity index (χ0) is 9.42. The third-order valence-electron chi connectivity index (χ3n) is 1.87. The molecule has 0 spiro atoms. The molecular weight excluding hydrogens is 208 g/mol. The van der Waals surface area contributed by atoms with E-state index in [2.05, 4.69) is 14.5 Å². The highest BCUT2D eigenvalue weighted by Crippen LogP contribution is 2.25. The van der Waals surface area contributed by atoms with E-state index in [-0.39, 0.29) is 0 Å². The molecule has 13 heavy (non-hydrogen) atoms. The first kappa shape index (κ1) is 8.65. The Kier molecular flexibility index (Phi) is 2.05. The van der Waals surface area contributed by atoms with Crippen molar-refractivity contribution < 1.29 is 0 Å². The normalized spacial score (nSPS) is 10.7. The standard InChI is InChI=1S/C7H7ClN4S/c1-4-5(3-9-12(4)2)6-10-7(8)11-13-6/h3H,1-2H3. The summed E-state index contributed by atoms with van der Waals surface area (Å²) in [7, 11) is 1.89. The molecule has 0 atom stereocenters. The number of aromatic nitrogens is 4. The van der Waals surface area contributed by atoms with Crippen molar-refractivity contribution in [2.24, 2.45) is 7.05 Å². The molecule has 0 saturated carbocycles. The Morgan fingerprint density at radius 1 is 1.54 bits per heavy atom. The Morgan fingerprint density at radius 2 is 2.31 bits per heavy atom. The maximum absolute atomic E-state index is 5.63. The minimum Gasteiger partial charge on any atom is -0.272 e. The van der Waals surface area contributed by atoms with E-state index in [9.17, 15) is 0 Å². The molecule has 0 bridgehead atoms. The van der Waals surface area contributed by atoms with E-state index in [1.54, 1.807) is 10.9 Å². The van der Waals surface area contributed by atoms with E-state index in [0.29, 0.717) is 5.28 Å². The molecule has 2 aromatic rings. The summed E-state index contributed by atoms with van der Waals surface area (Å²) in [4.78, 5) is 4.07. The molecular formula is C7H7ClN4S. The Morgan fingerprint density at radius 3 is 2.77 bits per heavy atom. The summed E-state index contributed by atoms with van der Waals surface area (Å²) < 4.78 is 5.70. The van der Waals surface area contributed by atoms with Crippen molar-refractivity contribution in [2.45, 2.75) is 6.92 Å². The van der Waals surface area contributed by atoms with E-state index in [1.807, 2.05) is 14.0 Å². The van der Waals surface area contributed by atoms with Crippen molar-refractivity contribution in [1.29, 1.82) is 0 Å². The Hall–Kier alpha value is -0.940. The third-order valence-corrected chi connectivity index (χ3v) is 2.88. The second-order valence-corrected chi connectivity index (χ2v) is 3.73. The van der Waals surface area contributed by atoms with Crippen LogP contribution in [-0.2, 0) is 7.05 Å². The first-order valence-corrected chi connectivity index (χ1v) is 4.82. The summed E-state index contributed by atoms with van der Waals surface area (Å²) in [6, 6.07) is 0. The fourth-order valence-corrected chi connectivity index (χ4v) is 1.89. The van der Waals surface area contributed by atoms with Gasteiger partial charge in [0.2, 0.25) is 5.28 Å². The molecule has 68 valence electrons. The van der Waals surface area contributed by atoms with E-state index in [4.69, 9.17) is 11.6 Å². The molecule has 0 aliphatic rings. The molecule has 0 unspecified atom stereocenters. The minimum atomic E-state index is 0.295. The molecule has 2 rings (SSSR count). The summed E-state index contributed by atoms with van der Waals surface area (Å²) in [5, 5.41) is 5.22. The van der Waals surface area contributed by atoms with Crippen molar-refractivity contribution in [3.05, 3.63) is 17.2 Å². The zero-order valence-electron chi connectivity index (χ0n) is 7.15. The van der Waals surface area contributed by atoms with Crippen LogP contribution in [0.25, 0.3) is 10.6 Å². The average molecular weight is 215 g/mol. The smallest absolute Gasteiger partial charge is 0.234 e. The van der Waals surface area contributed by atoms with Crippen LogP contribution in [0.15, 0.2) is 6.20 Å². The Labute approximate surface area is 84.3 Å². The van der Waals surface area contributed by atoms with E-state index in [0.717, 1.165) is 16.3 Å². The monoisotopic (exact) mass is 214 g/mol. The first-order valence-electron chi connectivity index (χ1n) is 3.66. The average Bonchev–Trinajstić information content (AvgIpc) is 2.62. The highest BCUT2D eigenvalue weighted by Gasteiger charge is 2.10. The Balaban J connectivity index is 2.52. The molecule has 0 radical (unpaired) electrons. The van der Waals surface area contributed by atoms with Crippen LogP contribution in [0.3, 0.4) is 0 Å². The van der Waals surface area contributed by atoms with Gasteiger partial charge in [-0.15, -0.1) is 0 Å². The quantitative estimate of drug-likeness (QED) is 0.728. The molecule has 2 heterocycles. The van der Waals surface area contributed by atoms with Crippen LogP contribution >= 0.6 is 23.1 Å². The van der Waals surface area contributed by atoms with Gasteiger partial charge in [0.15, 0.2) is 0 Å². The van der Waals surface area contributed by atoms with Gasteiger partial charge in [-0.1, -0.05) is 0 Å². The van der Waals surface area contributed by atoms with Gasteiger partial charge in [-0.25, -0.2) is 4.98 Å². The predicted molar refractivity (Wildman–Crippen MR) is 51.9 cm³/mol. The second-order valence-electron chi connectivity index (χ2n) is 2.64. The van der Waals surface area contributed by atoms with Gasteiger partial charge >= 0.3 is 0 Å². The van der Waals surface area contributed by atoms with Crippen molar-refractivity contribution >= 4 is 23.1 Å². The summed E-state index contributed by atoms with van der Waals surface area (Å²) in [6.45, 7) is 1.98. The van der Waals surface area contributed by atoms with Crippen molar-refractivity contribution in [2.75, 3.05) is 0 Å². The first-order chi connectivity index (χ1) is 6.18. The molecule has 0 aliphatic heterocycles. The lowest BCUT2D eigenvalue weighted by atomic mass is 10.3. The highest BCUT2D eigenvalue weighted by atomic mass is 35.5. The zero-order valence-corrected chi connectivity index (χ0v) is 8.72. The van der Waals surface area contributed by atoms with Crippen molar-refractivity contribution in [3.63, 3.8) is 0 Å². The second kappa shape index (κ2) is 3.08. The van der Waals surface area contributed by atoms with Gasteiger partial charge in [0.25, 0.3) is 0 Å². The summed E-state index contributed by atoms with van der Waals surface area (Å²) >= 11 is 6.91. The van der Waals surface area contributed by atoms with Gasteiger partial charge in [-0.05, 0) is 30.1 Å². The van der Waals surface area contributed by atoms with Gasteiger partial charge in [-0.2, -0.15) is 9.47 Å². The van der Waals surface area contributed by atoms with Crippen LogP contribution in [0.4, 0.5) is 0 Å². The lowest BCUT2D eigenvalue weighted by molar-refractivity contribution is 0.740. The highest BCUT2D eigenvalue weighted by molar-refractivity contribution is 7.09. The molecule has 0 amide bonds. The Bertz CT molecular complexity index is 433. The van der Waals surface area contributed by atoms with Gasteiger partial charge in [0.05, 0.1) is 11.8 Å². The van der Waals surface area contributed by atoms with Gasteiger partial charge < -0.3 is 0 Å². The number of hydrogen-bond acceptors (Lipinski definition) is 4. The van der Waals surface area contributed by atoms with Crippen LogP contribution < -0.4 is 0 Å². The van der Waals surface area contributed by atoms with Gasteiger partial charge in [0.1, 0.15) is 5.01 Å². The summed E-state index contributed by atoms with van der Waals surface area (Å²) in [6.07, 6.45) is 1.77. The SMILES string of the molecule is Cc1c(-c2nc(Cl)ns2)cnn1C. The van der Waals surface area contributed by atoms with Gasteiger partial charge in [0, 0.05) is 12.7 Å². The van der Waals surface area contributed by atoms with E-state index >= 15 is 0 Å². The van der Waals surface area contributed by atoms with E-state index in [1.165, 1.54) is 11.5 Å².